The topological polar surface area (TPSA) is 56.5 Å². The van der Waals surface area contributed by atoms with E-state index in [4.69, 9.17) is 16.1 Å². The van der Waals surface area contributed by atoms with Crippen LogP contribution < -0.4 is 10.3 Å². The average Bonchev–Trinajstić information content (AvgIpc) is 2.65. The molecule has 0 aliphatic heterocycles. The van der Waals surface area contributed by atoms with Gasteiger partial charge < -0.3 is 4.74 Å². The summed E-state index contributed by atoms with van der Waals surface area (Å²) in [5, 5.41) is 4.96. The molecule has 0 saturated carbocycles. The van der Waals surface area contributed by atoms with Crippen molar-refractivity contribution in [3.63, 3.8) is 0 Å². The summed E-state index contributed by atoms with van der Waals surface area (Å²) in [4.78, 5) is 17.9. The van der Waals surface area contributed by atoms with Gasteiger partial charge in [-0.05, 0) is 30.3 Å². The van der Waals surface area contributed by atoms with Gasteiger partial charge in [-0.15, -0.1) is 6.42 Å². The quantitative estimate of drug-likeness (QED) is 0.450. The highest BCUT2D eigenvalue weighted by Gasteiger charge is 2.22. The lowest BCUT2D eigenvalue weighted by molar-refractivity contribution is 0.370. The number of terminal acetylenes is 1. The van der Waals surface area contributed by atoms with E-state index in [1.165, 1.54) is 4.68 Å². The zero-order valence-corrected chi connectivity index (χ0v) is 17.5. The lowest BCUT2D eigenvalue weighted by atomic mass is 9.95. The van der Waals surface area contributed by atoms with Crippen molar-refractivity contribution in [2.75, 3.05) is 6.61 Å². The summed E-state index contributed by atoms with van der Waals surface area (Å²) < 4.78 is 7.72. The van der Waals surface area contributed by atoms with Crippen molar-refractivity contribution in [2.24, 2.45) is 5.10 Å². The molecule has 0 aliphatic rings. The van der Waals surface area contributed by atoms with Crippen molar-refractivity contribution in [3.8, 4) is 18.1 Å². The third kappa shape index (κ3) is 4.15. The maximum Gasteiger partial charge on any atom is 0.282 e. The Kier molecular flexibility index (Phi) is 5.66. The highest BCUT2D eigenvalue weighted by atomic mass is 79.9. The molecule has 0 saturated heterocycles. The van der Waals surface area contributed by atoms with Crippen molar-refractivity contribution in [1.82, 2.24) is 9.66 Å². The summed E-state index contributed by atoms with van der Waals surface area (Å²) in [6.45, 7) is 6.14. The number of halogens is 1. The van der Waals surface area contributed by atoms with Crippen LogP contribution in [0.4, 0.5) is 0 Å². The van der Waals surface area contributed by atoms with Crippen molar-refractivity contribution in [2.45, 2.75) is 26.2 Å². The van der Waals surface area contributed by atoms with Gasteiger partial charge >= 0.3 is 0 Å². The molecule has 0 radical (unpaired) electrons. The minimum absolute atomic E-state index is 0.156. The summed E-state index contributed by atoms with van der Waals surface area (Å²) in [6, 6.07) is 12.8. The molecular formula is C22H20BrN3O2. The second kappa shape index (κ2) is 7.99. The molecule has 0 spiro atoms. The van der Waals surface area contributed by atoms with Crippen LogP contribution in [0.3, 0.4) is 0 Å². The smallest absolute Gasteiger partial charge is 0.282 e. The van der Waals surface area contributed by atoms with Crippen molar-refractivity contribution >= 4 is 33.0 Å². The van der Waals surface area contributed by atoms with Crippen LogP contribution in [0.1, 0.15) is 32.2 Å². The summed E-state index contributed by atoms with van der Waals surface area (Å²) >= 11 is 3.41. The first-order chi connectivity index (χ1) is 13.3. The fraction of sp³-hybridized carbons (Fsp3) is 0.227. The first-order valence-corrected chi connectivity index (χ1v) is 9.53. The van der Waals surface area contributed by atoms with Gasteiger partial charge in [0.15, 0.2) is 0 Å². The van der Waals surface area contributed by atoms with Crippen molar-refractivity contribution in [1.29, 1.82) is 0 Å². The Morgan fingerprint density at radius 3 is 2.75 bits per heavy atom. The number of hydrogen-bond acceptors (Lipinski definition) is 4. The Bertz CT molecular complexity index is 1150. The Morgan fingerprint density at radius 2 is 2.04 bits per heavy atom. The fourth-order valence-electron chi connectivity index (χ4n) is 2.70. The summed E-state index contributed by atoms with van der Waals surface area (Å²) in [5.74, 6) is 3.62. The van der Waals surface area contributed by atoms with E-state index >= 15 is 0 Å². The maximum absolute atomic E-state index is 13.2. The molecule has 5 nitrogen and oxygen atoms in total. The lowest BCUT2D eigenvalue weighted by Gasteiger charge is -2.21. The Hall–Kier alpha value is -2.91. The molecule has 0 atom stereocenters. The minimum atomic E-state index is -0.378. The van der Waals surface area contributed by atoms with E-state index in [0.29, 0.717) is 22.5 Å². The SMILES string of the molecule is C#CCOc1ccccc1C=Nn1c(C(C)(C)C)nc2ccc(Br)cc2c1=O. The molecule has 1 heterocycles. The molecule has 6 heteroatoms. The van der Waals surface area contributed by atoms with E-state index in [1.54, 1.807) is 12.3 Å². The second-order valence-corrected chi connectivity index (χ2v) is 8.15. The number of aromatic nitrogens is 2. The second-order valence-electron chi connectivity index (χ2n) is 7.24. The number of rotatable bonds is 4. The van der Waals surface area contributed by atoms with Crippen LogP contribution >= 0.6 is 15.9 Å². The Balaban J connectivity index is 2.18. The van der Waals surface area contributed by atoms with Crippen LogP contribution in [0.25, 0.3) is 10.9 Å². The van der Waals surface area contributed by atoms with Gasteiger partial charge in [-0.3, -0.25) is 4.79 Å². The van der Waals surface area contributed by atoms with Crippen molar-refractivity contribution < 1.29 is 4.74 Å². The normalized spacial score (nSPS) is 11.7. The summed E-state index contributed by atoms with van der Waals surface area (Å²) in [6.07, 6.45) is 6.87. The Morgan fingerprint density at radius 1 is 1.29 bits per heavy atom. The van der Waals surface area contributed by atoms with Crippen molar-refractivity contribution in [3.05, 3.63) is 68.7 Å². The van der Waals surface area contributed by atoms with Crippen LogP contribution in [0, 0.1) is 12.3 Å². The molecule has 142 valence electrons. The number of hydrogen-bond donors (Lipinski definition) is 0. The molecule has 0 amide bonds. The maximum atomic E-state index is 13.2. The molecule has 2 aromatic carbocycles. The molecule has 0 unspecified atom stereocenters. The molecule has 0 aliphatic carbocycles. The fourth-order valence-corrected chi connectivity index (χ4v) is 3.06. The summed E-state index contributed by atoms with van der Waals surface area (Å²) in [7, 11) is 0. The summed E-state index contributed by atoms with van der Waals surface area (Å²) in [5.41, 5.74) is 0.757. The van der Waals surface area contributed by atoms with E-state index in [-0.39, 0.29) is 17.6 Å². The van der Waals surface area contributed by atoms with E-state index in [2.05, 4.69) is 27.0 Å². The van der Waals surface area contributed by atoms with Gasteiger partial charge in [0.25, 0.3) is 5.56 Å². The molecule has 1 aromatic heterocycles. The van der Waals surface area contributed by atoms with Gasteiger partial charge in [0.1, 0.15) is 18.2 Å². The van der Waals surface area contributed by atoms with Crippen LogP contribution in [0.15, 0.2) is 56.8 Å². The van der Waals surface area contributed by atoms with Gasteiger partial charge in [0.2, 0.25) is 0 Å². The monoisotopic (exact) mass is 437 g/mol. The highest BCUT2D eigenvalue weighted by molar-refractivity contribution is 9.10. The molecule has 0 bridgehead atoms. The van der Waals surface area contributed by atoms with E-state index in [9.17, 15) is 4.79 Å². The minimum Gasteiger partial charge on any atom is -0.480 e. The third-order valence-electron chi connectivity index (χ3n) is 4.02. The van der Waals surface area contributed by atoms with Gasteiger partial charge in [-0.2, -0.15) is 9.78 Å². The molecule has 3 aromatic rings. The third-order valence-corrected chi connectivity index (χ3v) is 4.51. The molecular weight excluding hydrogens is 418 g/mol. The lowest BCUT2D eigenvalue weighted by Crippen LogP contribution is -2.29. The predicted molar refractivity (Wildman–Crippen MR) is 116 cm³/mol. The number of fused-ring (bicyclic) bond motifs is 1. The van der Waals surface area contributed by atoms with Crippen LogP contribution in [0.5, 0.6) is 5.75 Å². The van der Waals surface area contributed by atoms with Crippen LogP contribution in [-0.4, -0.2) is 22.5 Å². The van der Waals surface area contributed by atoms with E-state index < -0.39 is 0 Å². The average molecular weight is 438 g/mol. The molecule has 28 heavy (non-hydrogen) atoms. The van der Waals surface area contributed by atoms with Gasteiger partial charge in [0, 0.05) is 15.5 Å². The molecule has 0 N–H and O–H groups in total. The predicted octanol–water partition coefficient (Wildman–Crippen LogP) is 4.35. The number of benzene rings is 2. The first kappa shape index (κ1) is 19.8. The zero-order chi connectivity index (χ0) is 20.3. The number of para-hydroxylation sites is 1. The largest absolute Gasteiger partial charge is 0.480 e. The first-order valence-electron chi connectivity index (χ1n) is 8.73. The van der Waals surface area contributed by atoms with Crippen LogP contribution in [0.2, 0.25) is 0 Å². The zero-order valence-electron chi connectivity index (χ0n) is 15.9. The van der Waals surface area contributed by atoms with Gasteiger partial charge in [0.05, 0.1) is 17.1 Å². The van der Waals surface area contributed by atoms with Gasteiger partial charge in [-0.25, -0.2) is 4.98 Å². The molecule has 3 rings (SSSR count). The highest BCUT2D eigenvalue weighted by Crippen LogP contribution is 2.23. The Labute approximate surface area is 172 Å². The van der Waals surface area contributed by atoms with Gasteiger partial charge in [-0.1, -0.05) is 54.8 Å². The van der Waals surface area contributed by atoms with E-state index in [0.717, 1.165) is 10.0 Å². The number of nitrogens with zero attached hydrogens (tertiary/aromatic N) is 3. The van der Waals surface area contributed by atoms with Crippen LogP contribution in [-0.2, 0) is 5.41 Å². The number of ether oxygens (including phenoxy) is 1. The standard InChI is InChI=1S/C22H20BrN3O2/c1-5-12-28-19-9-7-6-8-15(19)14-24-26-20(27)17-13-16(23)10-11-18(17)25-21(26)22(2,3)4/h1,6-11,13-14H,12H2,2-4H3. The van der Waals surface area contributed by atoms with E-state index in [1.807, 2.05) is 57.2 Å². The molecule has 0 fully saturated rings.